The van der Waals surface area contributed by atoms with Crippen LogP contribution in [-0.4, -0.2) is 34.4 Å². The first kappa shape index (κ1) is 18.2. The minimum atomic E-state index is -0.532. The standard InChI is InChI=1S/C14H20N4O3.ClH/c1-9(15)13-4-2-3-7-17(13)14(19)11-8-10(18(20)21)5-6-12(11)16;/h5-6,8-9,13H,2-4,7,15-16H2,1H3;1H. The lowest BCUT2D eigenvalue weighted by atomic mass is 9.95. The highest BCUT2D eigenvalue weighted by Gasteiger charge is 2.31. The van der Waals surface area contributed by atoms with E-state index >= 15 is 0 Å². The van der Waals surface area contributed by atoms with Gasteiger partial charge in [0.1, 0.15) is 0 Å². The molecular formula is C14H21ClN4O3. The van der Waals surface area contributed by atoms with Gasteiger partial charge < -0.3 is 16.4 Å². The van der Waals surface area contributed by atoms with Gasteiger partial charge >= 0.3 is 0 Å². The van der Waals surface area contributed by atoms with E-state index in [-0.39, 0.29) is 47.3 Å². The first-order chi connectivity index (χ1) is 9.91. The zero-order valence-electron chi connectivity index (χ0n) is 12.4. The number of amides is 1. The molecule has 7 nitrogen and oxygen atoms in total. The number of halogens is 1. The summed E-state index contributed by atoms with van der Waals surface area (Å²) < 4.78 is 0. The van der Waals surface area contributed by atoms with Crippen LogP contribution in [-0.2, 0) is 0 Å². The average molecular weight is 329 g/mol. The number of benzene rings is 1. The molecule has 1 aliphatic rings. The average Bonchev–Trinajstić information content (AvgIpc) is 2.46. The fourth-order valence-corrected chi connectivity index (χ4v) is 2.75. The molecule has 1 aromatic rings. The Morgan fingerprint density at radius 3 is 2.73 bits per heavy atom. The quantitative estimate of drug-likeness (QED) is 0.499. The van der Waals surface area contributed by atoms with Crippen LogP contribution in [0.2, 0.25) is 0 Å². The number of carbonyl (C=O) groups is 1. The van der Waals surface area contributed by atoms with Crippen LogP contribution in [0.5, 0.6) is 0 Å². The van der Waals surface area contributed by atoms with Gasteiger partial charge in [-0.25, -0.2) is 0 Å². The number of hydrogen-bond acceptors (Lipinski definition) is 5. The predicted octanol–water partition coefficient (Wildman–Crippen LogP) is 1.94. The Morgan fingerprint density at radius 2 is 2.14 bits per heavy atom. The molecule has 0 aromatic heterocycles. The van der Waals surface area contributed by atoms with Crippen molar-refractivity contribution in [1.29, 1.82) is 0 Å². The molecule has 1 amide bonds. The van der Waals surface area contributed by atoms with Crippen molar-refractivity contribution in [3.05, 3.63) is 33.9 Å². The van der Waals surface area contributed by atoms with Crippen LogP contribution in [0.4, 0.5) is 11.4 Å². The molecule has 4 N–H and O–H groups in total. The fourth-order valence-electron chi connectivity index (χ4n) is 2.75. The van der Waals surface area contributed by atoms with Crippen molar-refractivity contribution in [2.45, 2.75) is 38.3 Å². The predicted molar refractivity (Wildman–Crippen MR) is 87.1 cm³/mol. The van der Waals surface area contributed by atoms with Gasteiger partial charge in [-0.2, -0.15) is 0 Å². The maximum absolute atomic E-state index is 12.7. The summed E-state index contributed by atoms with van der Waals surface area (Å²) in [7, 11) is 0. The summed E-state index contributed by atoms with van der Waals surface area (Å²) >= 11 is 0. The van der Waals surface area contributed by atoms with Gasteiger partial charge in [-0.05, 0) is 32.3 Å². The van der Waals surface area contributed by atoms with Crippen LogP contribution in [0, 0.1) is 10.1 Å². The molecule has 122 valence electrons. The molecule has 2 rings (SSSR count). The van der Waals surface area contributed by atoms with E-state index in [1.165, 1.54) is 18.2 Å². The van der Waals surface area contributed by atoms with Gasteiger partial charge in [0.05, 0.1) is 10.5 Å². The largest absolute Gasteiger partial charge is 0.398 e. The number of nitrogen functional groups attached to an aromatic ring is 1. The minimum Gasteiger partial charge on any atom is -0.398 e. The van der Waals surface area contributed by atoms with E-state index < -0.39 is 4.92 Å². The van der Waals surface area contributed by atoms with Crippen LogP contribution < -0.4 is 11.5 Å². The number of nitrogens with two attached hydrogens (primary N) is 2. The van der Waals surface area contributed by atoms with E-state index in [1.54, 1.807) is 4.90 Å². The van der Waals surface area contributed by atoms with Crippen molar-refractivity contribution in [3.63, 3.8) is 0 Å². The molecule has 1 heterocycles. The molecule has 22 heavy (non-hydrogen) atoms. The number of nitro groups is 1. The zero-order valence-corrected chi connectivity index (χ0v) is 13.2. The van der Waals surface area contributed by atoms with Gasteiger partial charge in [-0.1, -0.05) is 0 Å². The molecule has 1 saturated heterocycles. The molecule has 2 atom stereocenters. The number of carbonyl (C=O) groups excluding carboxylic acids is 1. The van der Waals surface area contributed by atoms with Crippen molar-refractivity contribution in [2.75, 3.05) is 12.3 Å². The lowest BCUT2D eigenvalue weighted by Crippen LogP contribution is -2.51. The third-order valence-electron chi connectivity index (χ3n) is 3.90. The summed E-state index contributed by atoms with van der Waals surface area (Å²) in [5.74, 6) is -0.279. The molecule has 2 unspecified atom stereocenters. The van der Waals surface area contributed by atoms with Crippen molar-refractivity contribution in [1.82, 2.24) is 4.90 Å². The van der Waals surface area contributed by atoms with Gasteiger partial charge in [0.2, 0.25) is 0 Å². The summed E-state index contributed by atoms with van der Waals surface area (Å²) in [6.07, 6.45) is 2.78. The molecule has 1 aromatic carbocycles. The maximum atomic E-state index is 12.7. The smallest absolute Gasteiger partial charge is 0.270 e. The first-order valence-electron chi connectivity index (χ1n) is 7.02. The SMILES string of the molecule is CC(N)C1CCCCN1C(=O)c1cc([N+](=O)[O-])ccc1N.Cl. The van der Waals surface area contributed by atoms with Crippen LogP contribution in [0.15, 0.2) is 18.2 Å². The number of piperidine rings is 1. The summed E-state index contributed by atoms with van der Waals surface area (Å²) in [5, 5.41) is 10.9. The lowest BCUT2D eigenvalue weighted by Gasteiger charge is -2.38. The van der Waals surface area contributed by atoms with E-state index in [9.17, 15) is 14.9 Å². The van der Waals surface area contributed by atoms with Gasteiger partial charge in [-0.3, -0.25) is 14.9 Å². The number of anilines is 1. The van der Waals surface area contributed by atoms with Crippen LogP contribution >= 0.6 is 12.4 Å². The van der Waals surface area contributed by atoms with Crippen LogP contribution in [0.1, 0.15) is 36.5 Å². The molecule has 0 radical (unpaired) electrons. The highest BCUT2D eigenvalue weighted by molar-refractivity contribution is 6.00. The highest BCUT2D eigenvalue weighted by Crippen LogP contribution is 2.26. The van der Waals surface area contributed by atoms with Crippen LogP contribution in [0.25, 0.3) is 0 Å². The van der Waals surface area contributed by atoms with Gasteiger partial charge in [0.15, 0.2) is 0 Å². The number of non-ortho nitro benzene ring substituents is 1. The topological polar surface area (TPSA) is 115 Å². The molecular weight excluding hydrogens is 308 g/mol. The monoisotopic (exact) mass is 328 g/mol. The van der Waals surface area contributed by atoms with E-state index in [4.69, 9.17) is 11.5 Å². The highest BCUT2D eigenvalue weighted by atomic mass is 35.5. The molecule has 0 bridgehead atoms. The van der Waals surface area contributed by atoms with E-state index in [1.807, 2.05) is 6.92 Å². The molecule has 0 aliphatic carbocycles. The summed E-state index contributed by atoms with van der Waals surface area (Å²) in [6.45, 7) is 2.47. The number of rotatable bonds is 3. The summed E-state index contributed by atoms with van der Waals surface area (Å²) in [5.41, 5.74) is 12.1. The van der Waals surface area contributed by atoms with Gasteiger partial charge in [-0.15, -0.1) is 12.4 Å². The second-order valence-corrected chi connectivity index (χ2v) is 5.45. The normalized spacial score (nSPS) is 19.2. The van der Waals surface area contributed by atoms with Crippen molar-refractivity contribution in [3.8, 4) is 0 Å². The Balaban J connectivity index is 0.00000242. The van der Waals surface area contributed by atoms with E-state index in [0.29, 0.717) is 6.54 Å². The Hall–Kier alpha value is -1.86. The second-order valence-electron chi connectivity index (χ2n) is 5.45. The Kier molecular flexibility index (Phi) is 6.13. The number of nitrogens with zero attached hydrogens (tertiary/aromatic N) is 2. The third-order valence-corrected chi connectivity index (χ3v) is 3.90. The number of hydrogen-bond donors (Lipinski definition) is 2. The van der Waals surface area contributed by atoms with Crippen LogP contribution in [0.3, 0.4) is 0 Å². The Labute approximate surface area is 135 Å². The van der Waals surface area contributed by atoms with Crippen molar-refractivity contribution < 1.29 is 9.72 Å². The molecule has 0 saturated carbocycles. The zero-order chi connectivity index (χ0) is 15.6. The van der Waals surface area contributed by atoms with E-state index in [2.05, 4.69) is 0 Å². The third kappa shape index (κ3) is 3.66. The summed E-state index contributed by atoms with van der Waals surface area (Å²) in [4.78, 5) is 24.7. The Morgan fingerprint density at radius 1 is 1.45 bits per heavy atom. The minimum absolute atomic E-state index is 0. The first-order valence-corrected chi connectivity index (χ1v) is 7.02. The number of likely N-dealkylation sites (tertiary alicyclic amines) is 1. The molecule has 1 fully saturated rings. The van der Waals surface area contributed by atoms with Gasteiger partial charge in [0.25, 0.3) is 11.6 Å². The van der Waals surface area contributed by atoms with Crippen molar-refractivity contribution in [2.24, 2.45) is 5.73 Å². The van der Waals surface area contributed by atoms with Gasteiger partial charge in [0, 0.05) is 36.4 Å². The molecule has 0 spiro atoms. The molecule has 8 heteroatoms. The van der Waals surface area contributed by atoms with E-state index in [0.717, 1.165) is 19.3 Å². The number of nitro benzene ring substituents is 1. The molecule has 1 aliphatic heterocycles. The summed E-state index contributed by atoms with van der Waals surface area (Å²) in [6, 6.07) is 3.74. The Bertz CT molecular complexity index is 565. The second kappa shape index (κ2) is 7.42. The fraction of sp³-hybridized carbons (Fsp3) is 0.500. The van der Waals surface area contributed by atoms with Crippen molar-refractivity contribution >= 4 is 29.7 Å². The lowest BCUT2D eigenvalue weighted by molar-refractivity contribution is -0.384. The maximum Gasteiger partial charge on any atom is 0.270 e.